The summed E-state index contributed by atoms with van der Waals surface area (Å²) in [5, 5.41) is 0. The Morgan fingerprint density at radius 2 is 2.06 bits per heavy atom. The van der Waals surface area contributed by atoms with Gasteiger partial charge in [-0.3, -0.25) is 4.79 Å². The number of hydrogen-bond donors (Lipinski definition) is 1. The van der Waals surface area contributed by atoms with Crippen molar-refractivity contribution in [3.8, 4) is 0 Å². The van der Waals surface area contributed by atoms with E-state index in [1.165, 1.54) is 25.9 Å². The van der Waals surface area contributed by atoms with E-state index in [0.29, 0.717) is 6.42 Å². The Morgan fingerprint density at radius 3 is 2.62 bits per heavy atom. The van der Waals surface area contributed by atoms with Crippen molar-refractivity contribution in [1.82, 2.24) is 9.80 Å². The number of carbonyl (C=O) groups is 1. The summed E-state index contributed by atoms with van der Waals surface area (Å²) in [5.74, 6) is 0.219. The Balaban J connectivity index is 2.12. The minimum atomic E-state index is 0.121. The van der Waals surface area contributed by atoms with Crippen LogP contribution < -0.4 is 5.73 Å². The van der Waals surface area contributed by atoms with Gasteiger partial charge in [-0.25, -0.2) is 0 Å². The Labute approximate surface area is 98.8 Å². The van der Waals surface area contributed by atoms with Crippen LogP contribution in [0.3, 0.4) is 0 Å². The third-order valence-corrected chi connectivity index (χ3v) is 3.19. The molecule has 1 rings (SSSR count). The molecule has 1 fully saturated rings. The highest BCUT2D eigenvalue weighted by atomic mass is 16.2. The summed E-state index contributed by atoms with van der Waals surface area (Å²) in [7, 11) is 1.89. The first-order chi connectivity index (χ1) is 7.59. The molecule has 0 aromatic carbocycles. The van der Waals surface area contributed by atoms with E-state index in [0.717, 1.165) is 19.5 Å². The predicted molar refractivity (Wildman–Crippen MR) is 66.2 cm³/mol. The average Bonchev–Trinajstić information content (AvgIpc) is 2.75. The highest BCUT2D eigenvalue weighted by Crippen LogP contribution is 2.07. The Morgan fingerprint density at radius 1 is 1.44 bits per heavy atom. The number of nitrogens with two attached hydrogens (primary N) is 1. The van der Waals surface area contributed by atoms with Gasteiger partial charge >= 0.3 is 0 Å². The van der Waals surface area contributed by atoms with E-state index >= 15 is 0 Å². The molecule has 1 unspecified atom stereocenters. The van der Waals surface area contributed by atoms with E-state index in [4.69, 9.17) is 5.73 Å². The number of likely N-dealkylation sites (tertiary alicyclic amines) is 1. The van der Waals surface area contributed by atoms with Gasteiger partial charge < -0.3 is 15.5 Å². The van der Waals surface area contributed by atoms with E-state index in [2.05, 4.69) is 4.90 Å². The van der Waals surface area contributed by atoms with E-state index in [1.54, 1.807) is 0 Å². The first-order valence-electron chi connectivity index (χ1n) is 6.31. The molecule has 1 aliphatic heterocycles. The Kier molecular flexibility index (Phi) is 5.77. The first-order valence-corrected chi connectivity index (χ1v) is 6.31. The summed E-state index contributed by atoms with van der Waals surface area (Å²) in [6, 6.07) is 0.121. The van der Waals surface area contributed by atoms with Crippen molar-refractivity contribution < 1.29 is 4.79 Å². The molecule has 16 heavy (non-hydrogen) atoms. The van der Waals surface area contributed by atoms with Crippen molar-refractivity contribution in [3.63, 3.8) is 0 Å². The normalized spacial score (nSPS) is 18.7. The number of amides is 1. The van der Waals surface area contributed by atoms with E-state index in [-0.39, 0.29) is 11.9 Å². The maximum absolute atomic E-state index is 11.7. The molecule has 2 N–H and O–H groups in total. The van der Waals surface area contributed by atoms with Gasteiger partial charge in [-0.05, 0) is 39.3 Å². The Hall–Kier alpha value is -0.610. The number of hydrogen-bond acceptors (Lipinski definition) is 3. The topological polar surface area (TPSA) is 49.6 Å². The smallest absolute Gasteiger partial charge is 0.222 e. The molecule has 0 spiro atoms. The van der Waals surface area contributed by atoms with Crippen molar-refractivity contribution >= 4 is 5.91 Å². The molecule has 0 saturated carbocycles. The molecule has 4 heteroatoms. The van der Waals surface area contributed by atoms with Gasteiger partial charge in [0, 0.05) is 32.6 Å². The van der Waals surface area contributed by atoms with Crippen molar-refractivity contribution in [1.29, 1.82) is 0 Å². The van der Waals surface area contributed by atoms with Crippen LogP contribution in [-0.4, -0.2) is 55.0 Å². The fourth-order valence-corrected chi connectivity index (χ4v) is 1.96. The van der Waals surface area contributed by atoms with Crippen molar-refractivity contribution in [2.24, 2.45) is 5.73 Å². The van der Waals surface area contributed by atoms with Crippen LogP contribution in [0.15, 0.2) is 0 Å². The fourth-order valence-electron chi connectivity index (χ4n) is 1.96. The zero-order chi connectivity index (χ0) is 12.0. The zero-order valence-electron chi connectivity index (χ0n) is 10.6. The number of nitrogens with zero attached hydrogens (tertiary/aromatic N) is 2. The summed E-state index contributed by atoms with van der Waals surface area (Å²) in [6.45, 7) is 6.19. The van der Waals surface area contributed by atoms with Crippen LogP contribution in [0.5, 0.6) is 0 Å². The summed E-state index contributed by atoms with van der Waals surface area (Å²) < 4.78 is 0. The minimum Gasteiger partial charge on any atom is -0.344 e. The molecule has 94 valence electrons. The van der Waals surface area contributed by atoms with Gasteiger partial charge in [0.2, 0.25) is 5.91 Å². The van der Waals surface area contributed by atoms with Gasteiger partial charge in [0.05, 0.1) is 0 Å². The van der Waals surface area contributed by atoms with Crippen LogP contribution in [0.1, 0.15) is 32.6 Å². The average molecular weight is 227 g/mol. The van der Waals surface area contributed by atoms with Gasteiger partial charge in [0.1, 0.15) is 0 Å². The van der Waals surface area contributed by atoms with E-state index < -0.39 is 0 Å². The first kappa shape index (κ1) is 13.5. The van der Waals surface area contributed by atoms with Gasteiger partial charge in [-0.2, -0.15) is 0 Å². The zero-order valence-corrected chi connectivity index (χ0v) is 10.6. The molecule has 1 amide bonds. The molecule has 1 heterocycles. The third-order valence-electron chi connectivity index (χ3n) is 3.19. The van der Waals surface area contributed by atoms with Gasteiger partial charge in [-0.15, -0.1) is 0 Å². The summed E-state index contributed by atoms with van der Waals surface area (Å²) >= 11 is 0. The number of likely N-dealkylation sites (N-methyl/N-ethyl adjacent to an activating group) is 1. The van der Waals surface area contributed by atoms with Gasteiger partial charge in [0.15, 0.2) is 0 Å². The van der Waals surface area contributed by atoms with Gasteiger partial charge in [0.25, 0.3) is 0 Å². The van der Waals surface area contributed by atoms with Crippen LogP contribution >= 0.6 is 0 Å². The Bertz CT molecular complexity index is 212. The standard InChI is InChI=1S/C12H25N3O/c1-11(13)5-6-12(16)14(2)9-10-15-7-3-4-8-15/h11H,3-10,13H2,1-2H3. The molecule has 4 nitrogen and oxygen atoms in total. The number of rotatable bonds is 6. The fraction of sp³-hybridized carbons (Fsp3) is 0.917. The molecule has 1 aliphatic rings. The summed E-state index contributed by atoms with van der Waals surface area (Å²) in [4.78, 5) is 16.0. The molecule has 0 aromatic rings. The van der Waals surface area contributed by atoms with Crippen molar-refractivity contribution in [3.05, 3.63) is 0 Å². The van der Waals surface area contributed by atoms with Crippen LogP contribution in [0.25, 0.3) is 0 Å². The van der Waals surface area contributed by atoms with Crippen LogP contribution in [0.4, 0.5) is 0 Å². The molecule has 0 bridgehead atoms. The SMILES string of the molecule is CC(N)CCC(=O)N(C)CCN1CCCC1. The molecule has 1 atom stereocenters. The second-order valence-corrected chi connectivity index (χ2v) is 4.88. The second kappa shape index (κ2) is 6.86. The largest absolute Gasteiger partial charge is 0.344 e. The second-order valence-electron chi connectivity index (χ2n) is 4.88. The van der Waals surface area contributed by atoms with Crippen molar-refractivity contribution in [2.45, 2.75) is 38.6 Å². The predicted octanol–water partition coefficient (Wildman–Crippen LogP) is 0.668. The van der Waals surface area contributed by atoms with Crippen LogP contribution in [-0.2, 0) is 4.79 Å². The lowest BCUT2D eigenvalue weighted by atomic mass is 10.2. The van der Waals surface area contributed by atoms with E-state index in [9.17, 15) is 4.79 Å². The monoisotopic (exact) mass is 227 g/mol. The molecule has 1 saturated heterocycles. The highest BCUT2D eigenvalue weighted by Gasteiger charge is 2.14. The lowest BCUT2D eigenvalue weighted by Gasteiger charge is -2.21. The van der Waals surface area contributed by atoms with Crippen LogP contribution in [0.2, 0.25) is 0 Å². The minimum absolute atomic E-state index is 0.121. The molecular weight excluding hydrogens is 202 g/mol. The third kappa shape index (κ3) is 4.94. The highest BCUT2D eigenvalue weighted by molar-refractivity contribution is 5.75. The summed E-state index contributed by atoms with van der Waals surface area (Å²) in [6.07, 6.45) is 3.98. The van der Waals surface area contributed by atoms with Crippen LogP contribution in [0, 0.1) is 0 Å². The quantitative estimate of drug-likeness (QED) is 0.725. The molecule has 0 aromatic heterocycles. The molecular formula is C12H25N3O. The van der Waals surface area contributed by atoms with E-state index in [1.807, 2.05) is 18.9 Å². The lowest BCUT2D eigenvalue weighted by Crippen LogP contribution is -2.35. The lowest BCUT2D eigenvalue weighted by molar-refractivity contribution is -0.130. The number of carbonyl (C=O) groups excluding carboxylic acids is 1. The summed E-state index contributed by atoms with van der Waals surface area (Å²) in [5.41, 5.74) is 5.64. The molecule has 0 radical (unpaired) electrons. The maximum atomic E-state index is 11.7. The molecule has 0 aliphatic carbocycles. The maximum Gasteiger partial charge on any atom is 0.222 e. The van der Waals surface area contributed by atoms with Gasteiger partial charge in [-0.1, -0.05) is 0 Å². The van der Waals surface area contributed by atoms with Crippen molar-refractivity contribution in [2.75, 3.05) is 33.2 Å².